The molecule has 0 fully saturated rings. The quantitative estimate of drug-likeness (QED) is 0.444. The van der Waals surface area contributed by atoms with Gasteiger partial charge in [-0.15, -0.1) is 0 Å². The van der Waals surface area contributed by atoms with Crippen molar-refractivity contribution in [1.29, 1.82) is 0 Å². The van der Waals surface area contributed by atoms with Gasteiger partial charge in [0.1, 0.15) is 0 Å². The summed E-state index contributed by atoms with van der Waals surface area (Å²) in [6.45, 7) is 0. The zero-order chi connectivity index (χ0) is 4.00. The van der Waals surface area contributed by atoms with Gasteiger partial charge in [0, 0.05) is 0 Å². The predicted molar refractivity (Wildman–Crippen MR) is 6.79 cm³/mol. The van der Waals surface area contributed by atoms with Crippen molar-refractivity contribution in [2.45, 2.75) is 0 Å². The van der Waals surface area contributed by atoms with Gasteiger partial charge in [0.2, 0.25) is 0 Å². The summed E-state index contributed by atoms with van der Waals surface area (Å²) in [6, 6.07) is 0. The zero-order valence-electron chi connectivity index (χ0n) is 1.80. The third-order valence-electron chi connectivity index (χ3n) is 0. The summed E-state index contributed by atoms with van der Waals surface area (Å²) >= 11 is 1.06. The molecule has 0 aromatic heterocycles. The molecule has 0 atom stereocenters. The molecule has 0 spiro atoms. The van der Waals surface area contributed by atoms with Crippen LogP contribution in [0.5, 0.6) is 0 Å². The van der Waals surface area contributed by atoms with Crippen LogP contribution in [-0.2, 0) is 21.0 Å². The van der Waals surface area contributed by atoms with Gasteiger partial charge in [0.15, 0.2) is 0 Å². The van der Waals surface area contributed by atoms with Crippen LogP contribution in [0.3, 0.4) is 0 Å². The Balaban J connectivity index is 0. The molecule has 0 heterocycles. The Hall–Kier alpha value is 0.304. The summed E-state index contributed by atoms with van der Waals surface area (Å²) in [5, 5.41) is 6.25. The molecule has 0 aromatic rings. The second-order valence-corrected chi connectivity index (χ2v) is 0. The Morgan fingerprint density at radius 3 is 1.50 bits per heavy atom. The molecule has 4 heavy (non-hydrogen) atoms. The average molecular weight is 99.0 g/mol. The van der Waals surface area contributed by atoms with Crippen LogP contribution in [0.15, 0.2) is 0 Å². The summed E-state index contributed by atoms with van der Waals surface area (Å²) in [4.78, 5) is 0. The van der Waals surface area contributed by atoms with E-state index in [9.17, 15) is 0 Å². The van der Waals surface area contributed by atoms with Gasteiger partial charge in [0.05, 0.1) is 0 Å². The topological polar surface area (TPSA) is 61.1 Å². The van der Waals surface area contributed by atoms with Gasteiger partial charge in [-0.25, -0.2) is 0 Å². The van der Waals surface area contributed by atoms with Gasteiger partial charge in [-0.3, -0.25) is 0 Å². The van der Waals surface area contributed by atoms with E-state index < -0.39 is 0 Å². The van der Waals surface area contributed by atoms with Gasteiger partial charge in [-0.2, -0.15) is 0 Å². The maximum absolute atomic E-state index is 8.19. The van der Waals surface area contributed by atoms with Crippen molar-refractivity contribution in [1.82, 2.24) is 0 Å². The summed E-state index contributed by atoms with van der Waals surface area (Å²) in [7, 11) is 0. The fraction of sp³-hybridized carbons (Fsp3) is 0. The first-order chi connectivity index (χ1) is 2.00. The van der Waals surface area contributed by atoms with E-state index in [2.05, 4.69) is 0 Å². The second-order valence-electron chi connectivity index (χ2n) is 0. The van der Waals surface area contributed by atoms with Crippen LogP contribution in [0.2, 0.25) is 0 Å². The van der Waals surface area contributed by atoms with Crippen LogP contribution in [0.25, 0.3) is 5.90 Å². The molecule has 0 aliphatic rings. The predicted octanol–water partition coefficient (Wildman–Crippen LogP) is 0.306. The molecule has 0 radical (unpaired) electrons. The Kier molecular flexibility index (Phi) is 419. The van der Waals surface area contributed by atoms with E-state index in [0.717, 1.165) is 17.4 Å². The molecule has 0 rings (SSSR count). The van der Waals surface area contributed by atoms with E-state index in [1.807, 2.05) is 0 Å². The van der Waals surface area contributed by atoms with Crippen molar-refractivity contribution >= 4 is 0 Å². The van der Waals surface area contributed by atoms with Crippen LogP contribution in [0.4, 0.5) is 0 Å². The van der Waals surface area contributed by atoms with Crippen LogP contribution >= 0.6 is 0 Å². The van der Waals surface area contributed by atoms with Crippen molar-refractivity contribution in [3.63, 3.8) is 0 Å². The molecule has 0 saturated carbocycles. The van der Waals surface area contributed by atoms with Crippen LogP contribution in [-0.4, -0.2) is 5.21 Å². The van der Waals surface area contributed by atoms with Crippen molar-refractivity contribution in [3.05, 3.63) is 5.90 Å². The summed E-state index contributed by atoms with van der Waals surface area (Å²) in [6.07, 6.45) is 0. The Labute approximate surface area is 33.0 Å². The molecule has 25 valence electrons. The normalized spacial score (nSPS) is 2.25. The van der Waals surface area contributed by atoms with Gasteiger partial charge in [0.25, 0.3) is 0 Å². The molecule has 2 N–H and O–H groups in total. The minimum absolute atomic E-state index is 1.06. The molecule has 0 bridgehead atoms. The second kappa shape index (κ2) is 189. The molecule has 0 unspecified atom stereocenters. The Bertz CT molecular complexity index is 6.00. The first-order valence-corrected chi connectivity index (χ1v) is 0.976. The van der Waals surface area contributed by atoms with Crippen molar-refractivity contribution in [2.75, 3.05) is 0 Å². The van der Waals surface area contributed by atoms with E-state index in [1.54, 1.807) is 0 Å². The molecule has 0 aromatic carbocycles. The van der Waals surface area contributed by atoms with Crippen molar-refractivity contribution in [3.8, 4) is 0 Å². The van der Waals surface area contributed by atoms with Crippen LogP contribution < -0.4 is 0 Å². The van der Waals surface area contributed by atoms with E-state index >= 15 is 0 Å². The standard InChI is InChI=1S/H2NO.O.V/c1-2;;/h1-2H;;/q-1;;. The molecular weight excluding hydrogens is 96.9 g/mol. The fourth-order valence-corrected chi connectivity index (χ4v) is 0. The summed E-state index contributed by atoms with van der Waals surface area (Å²) in [5.74, 6) is 4.75. The third-order valence-corrected chi connectivity index (χ3v) is 0. The van der Waals surface area contributed by atoms with Crippen LogP contribution in [0, 0.1) is 0 Å². The SMILES string of the molecule is [NH-]O.[O]=[V]. The zero-order valence-corrected chi connectivity index (χ0v) is 3.20. The molecule has 3 nitrogen and oxygen atoms in total. The molecule has 0 aliphatic carbocycles. The molecular formula is H2NO2V-. The molecule has 4 heteroatoms. The third kappa shape index (κ3) is 42.3. The monoisotopic (exact) mass is 99.0 g/mol. The number of rotatable bonds is 0. The molecule has 0 saturated heterocycles. The molecule has 0 amide bonds. The maximum atomic E-state index is 8.19. The molecule has 0 aliphatic heterocycles. The van der Waals surface area contributed by atoms with E-state index in [0.29, 0.717) is 0 Å². The van der Waals surface area contributed by atoms with E-state index in [1.165, 1.54) is 0 Å². The van der Waals surface area contributed by atoms with Gasteiger partial charge < -0.3 is 11.1 Å². The van der Waals surface area contributed by atoms with E-state index in [-0.39, 0.29) is 0 Å². The number of nitrogens with one attached hydrogen (secondary N) is 1. The number of hydrogen-bond donors (Lipinski definition) is 1. The minimum atomic E-state index is 1.06. The first-order valence-electron chi connectivity index (χ1n) is 0.406. The summed E-state index contributed by atoms with van der Waals surface area (Å²) < 4.78 is 8.19. The summed E-state index contributed by atoms with van der Waals surface area (Å²) in [5.41, 5.74) is 0. The van der Waals surface area contributed by atoms with Gasteiger partial charge in [-0.05, 0) is 0 Å². The number of hydrogen-bond acceptors (Lipinski definition) is 2. The Morgan fingerprint density at radius 2 is 1.50 bits per heavy atom. The average Bonchev–Trinajstić information content (AvgIpc) is 1.50. The van der Waals surface area contributed by atoms with Crippen molar-refractivity contribution in [2.24, 2.45) is 0 Å². The Morgan fingerprint density at radius 1 is 1.50 bits per heavy atom. The van der Waals surface area contributed by atoms with Crippen molar-refractivity contribution < 1.29 is 26.3 Å². The fourth-order valence-electron chi connectivity index (χ4n) is 0. The first kappa shape index (κ1) is 8.85. The van der Waals surface area contributed by atoms with Gasteiger partial charge >= 0.3 is 21.0 Å². The van der Waals surface area contributed by atoms with Gasteiger partial charge in [-0.1, -0.05) is 0 Å². The van der Waals surface area contributed by atoms with Crippen LogP contribution in [0.1, 0.15) is 0 Å². The van der Waals surface area contributed by atoms with E-state index in [4.69, 9.17) is 14.8 Å².